The second-order valence-corrected chi connectivity index (χ2v) is 4.98. The van der Waals surface area contributed by atoms with Crippen LogP contribution < -0.4 is 5.32 Å². The summed E-state index contributed by atoms with van der Waals surface area (Å²) in [4.78, 5) is 4.09. The van der Waals surface area contributed by atoms with Crippen LogP contribution in [0, 0.1) is 5.92 Å². The molecule has 0 saturated carbocycles. The van der Waals surface area contributed by atoms with E-state index in [0.717, 1.165) is 6.42 Å². The van der Waals surface area contributed by atoms with Gasteiger partial charge in [0.25, 0.3) is 0 Å². The zero-order valence-electron chi connectivity index (χ0n) is 9.37. The summed E-state index contributed by atoms with van der Waals surface area (Å²) in [6, 6.07) is 1.59. The van der Waals surface area contributed by atoms with E-state index >= 15 is 0 Å². The highest BCUT2D eigenvalue weighted by Gasteiger charge is 2.12. The van der Waals surface area contributed by atoms with E-state index in [2.05, 4.69) is 24.1 Å². The second-order valence-electron chi connectivity index (χ2n) is 4.14. The summed E-state index contributed by atoms with van der Waals surface area (Å²) in [5, 5.41) is 13.3. The third-order valence-electron chi connectivity index (χ3n) is 2.12. The zero-order chi connectivity index (χ0) is 12.1. The minimum atomic E-state index is -0.0359. The molecule has 16 heavy (non-hydrogen) atoms. The van der Waals surface area contributed by atoms with E-state index in [1.54, 1.807) is 6.07 Å². The number of rotatable bonds is 5. The lowest BCUT2D eigenvalue weighted by molar-refractivity contribution is 0.259. The van der Waals surface area contributed by atoms with E-state index in [9.17, 15) is 5.11 Å². The van der Waals surface area contributed by atoms with Crippen LogP contribution in [0.3, 0.4) is 0 Å². The topological polar surface area (TPSA) is 45.1 Å². The molecule has 1 aromatic heterocycles. The first-order valence-corrected chi connectivity index (χ1v) is 5.97. The van der Waals surface area contributed by atoms with E-state index < -0.39 is 0 Å². The summed E-state index contributed by atoms with van der Waals surface area (Å²) < 4.78 is 0. The SMILES string of the molecule is CC(C)CC(CO)Nc1ncc(Cl)cc1Cl. The minimum Gasteiger partial charge on any atom is -0.394 e. The lowest BCUT2D eigenvalue weighted by Gasteiger charge is -2.19. The summed E-state index contributed by atoms with van der Waals surface area (Å²) in [5.74, 6) is 1.06. The van der Waals surface area contributed by atoms with Crippen LogP contribution in [-0.2, 0) is 0 Å². The van der Waals surface area contributed by atoms with Crippen molar-refractivity contribution in [3.63, 3.8) is 0 Å². The molecule has 0 bridgehead atoms. The van der Waals surface area contributed by atoms with Gasteiger partial charge in [-0.3, -0.25) is 0 Å². The Morgan fingerprint density at radius 1 is 1.44 bits per heavy atom. The summed E-state index contributed by atoms with van der Waals surface area (Å²) in [5.41, 5.74) is 0. The van der Waals surface area contributed by atoms with Crippen molar-refractivity contribution in [3.05, 3.63) is 22.3 Å². The van der Waals surface area contributed by atoms with Gasteiger partial charge in [0.2, 0.25) is 0 Å². The fraction of sp³-hybridized carbons (Fsp3) is 0.545. The van der Waals surface area contributed by atoms with Gasteiger partial charge in [0.05, 0.1) is 22.7 Å². The standard InChI is InChI=1S/C11H16Cl2N2O/c1-7(2)3-9(6-16)15-11-10(13)4-8(12)5-14-11/h4-5,7,9,16H,3,6H2,1-2H3,(H,14,15). The van der Waals surface area contributed by atoms with E-state index in [4.69, 9.17) is 23.2 Å². The van der Waals surface area contributed by atoms with Crippen LogP contribution in [0.4, 0.5) is 5.82 Å². The first kappa shape index (κ1) is 13.6. The summed E-state index contributed by atoms with van der Waals surface area (Å²) in [6.45, 7) is 4.25. The maximum atomic E-state index is 9.22. The molecule has 1 rings (SSSR count). The third kappa shape index (κ3) is 4.16. The minimum absolute atomic E-state index is 0.0359. The molecule has 0 aliphatic carbocycles. The van der Waals surface area contributed by atoms with Crippen molar-refractivity contribution >= 4 is 29.0 Å². The average molecular weight is 263 g/mol. The van der Waals surface area contributed by atoms with E-state index in [1.807, 2.05) is 0 Å². The van der Waals surface area contributed by atoms with Gasteiger partial charge in [-0.15, -0.1) is 0 Å². The van der Waals surface area contributed by atoms with Gasteiger partial charge in [0.1, 0.15) is 5.82 Å². The quantitative estimate of drug-likeness (QED) is 0.857. The number of aliphatic hydroxyl groups excluding tert-OH is 1. The highest BCUT2D eigenvalue weighted by molar-refractivity contribution is 6.35. The number of anilines is 1. The van der Waals surface area contributed by atoms with Crippen LogP contribution >= 0.6 is 23.2 Å². The van der Waals surface area contributed by atoms with Gasteiger partial charge >= 0.3 is 0 Å². The molecule has 90 valence electrons. The molecule has 0 saturated heterocycles. The lowest BCUT2D eigenvalue weighted by Crippen LogP contribution is -2.26. The molecule has 1 heterocycles. The highest BCUT2D eigenvalue weighted by atomic mass is 35.5. The molecule has 0 aromatic carbocycles. The molecule has 0 spiro atoms. The van der Waals surface area contributed by atoms with Crippen molar-refractivity contribution in [2.24, 2.45) is 5.92 Å². The highest BCUT2D eigenvalue weighted by Crippen LogP contribution is 2.23. The average Bonchev–Trinajstić information content (AvgIpc) is 2.20. The molecule has 5 heteroatoms. The van der Waals surface area contributed by atoms with Crippen LogP contribution in [0.5, 0.6) is 0 Å². The Kier molecular flexibility index (Phi) is 5.32. The molecule has 1 atom stereocenters. The number of nitrogens with one attached hydrogen (secondary N) is 1. The first-order valence-electron chi connectivity index (χ1n) is 5.21. The van der Waals surface area contributed by atoms with Crippen molar-refractivity contribution in [1.82, 2.24) is 4.98 Å². The predicted molar refractivity (Wildman–Crippen MR) is 68.2 cm³/mol. The number of aromatic nitrogens is 1. The van der Waals surface area contributed by atoms with E-state index in [0.29, 0.717) is 21.8 Å². The molecule has 1 aromatic rings. The van der Waals surface area contributed by atoms with Gasteiger partial charge in [-0.2, -0.15) is 0 Å². The predicted octanol–water partition coefficient (Wildman–Crippen LogP) is 3.21. The van der Waals surface area contributed by atoms with E-state index in [-0.39, 0.29) is 12.6 Å². The largest absolute Gasteiger partial charge is 0.394 e. The number of nitrogens with zero attached hydrogens (tertiary/aromatic N) is 1. The van der Waals surface area contributed by atoms with Crippen LogP contribution in [0.2, 0.25) is 10.0 Å². The van der Waals surface area contributed by atoms with Crippen molar-refractivity contribution in [2.45, 2.75) is 26.3 Å². The molecule has 3 nitrogen and oxygen atoms in total. The Morgan fingerprint density at radius 2 is 2.12 bits per heavy atom. The van der Waals surface area contributed by atoms with Gasteiger partial charge in [-0.05, 0) is 18.4 Å². The Bertz CT molecular complexity index is 345. The van der Waals surface area contributed by atoms with Crippen LogP contribution in [0.1, 0.15) is 20.3 Å². The van der Waals surface area contributed by atoms with Crippen LogP contribution in [0.15, 0.2) is 12.3 Å². The second kappa shape index (κ2) is 6.28. The Hall–Kier alpha value is -0.510. The van der Waals surface area contributed by atoms with Gasteiger partial charge in [-0.1, -0.05) is 37.0 Å². The molecule has 0 fully saturated rings. The Balaban J connectivity index is 2.70. The van der Waals surface area contributed by atoms with Crippen LogP contribution in [0.25, 0.3) is 0 Å². The summed E-state index contributed by atoms with van der Waals surface area (Å²) in [6.07, 6.45) is 2.39. The first-order chi connectivity index (χ1) is 7.52. The Labute approximate surface area is 106 Å². The molecule has 2 N–H and O–H groups in total. The summed E-state index contributed by atoms with van der Waals surface area (Å²) >= 11 is 11.7. The van der Waals surface area contributed by atoms with Gasteiger partial charge in [-0.25, -0.2) is 4.98 Å². The number of aliphatic hydroxyl groups is 1. The fourth-order valence-electron chi connectivity index (χ4n) is 1.46. The molecule has 0 amide bonds. The monoisotopic (exact) mass is 262 g/mol. The third-order valence-corrected chi connectivity index (χ3v) is 2.62. The summed E-state index contributed by atoms with van der Waals surface area (Å²) in [7, 11) is 0. The molecule has 0 aliphatic rings. The molecular weight excluding hydrogens is 247 g/mol. The molecular formula is C11H16Cl2N2O. The number of hydrogen-bond donors (Lipinski definition) is 2. The van der Waals surface area contributed by atoms with Crippen LogP contribution in [-0.4, -0.2) is 22.7 Å². The fourth-order valence-corrected chi connectivity index (χ4v) is 1.90. The zero-order valence-corrected chi connectivity index (χ0v) is 10.9. The van der Waals surface area contributed by atoms with Gasteiger partial charge in [0, 0.05) is 6.20 Å². The van der Waals surface area contributed by atoms with Crippen molar-refractivity contribution in [2.75, 3.05) is 11.9 Å². The van der Waals surface area contributed by atoms with Gasteiger partial charge < -0.3 is 10.4 Å². The maximum Gasteiger partial charge on any atom is 0.145 e. The number of hydrogen-bond acceptors (Lipinski definition) is 3. The normalized spacial score (nSPS) is 12.9. The maximum absolute atomic E-state index is 9.22. The lowest BCUT2D eigenvalue weighted by atomic mass is 10.0. The molecule has 0 aliphatic heterocycles. The molecule has 1 unspecified atom stereocenters. The van der Waals surface area contributed by atoms with E-state index in [1.165, 1.54) is 6.20 Å². The number of pyridine rings is 1. The Morgan fingerprint density at radius 3 is 2.62 bits per heavy atom. The van der Waals surface area contributed by atoms with Crippen molar-refractivity contribution in [3.8, 4) is 0 Å². The smallest absolute Gasteiger partial charge is 0.145 e. The number of halogens is 2. The molecule has 0 radical (unpaired) electrons. The van der Waals surface area contributed by atoms with Crippen molar-refractivity contribution < 1.29 is 5.11 Å². The van der Waals surface area contributed by atoms with Gasteiger partial charge in [0.15, 0.2) is 0 Å². The van der Waals surface area contributed by atoms with Crippen molar-refractivity contribution in [1.29, 1.82) is 0 Å².